The molecule has 2 aromatic heterocycles. The molecule has 1 aromatic carbocycles. The zero-order chi connectivity index (χ0) is 32.2. The maximum atomic E-state index is 14.0. The third kappa shape index (κ3) is 7.08. The van der Waals surface area contributed by atoms with Gasteiger partial charge in [-0.2, -0.15) is 0 Å². The molecule has 0 saturated carbocycles. The van der Waals surface area contributed by atoms with Crippen LogP contribution in [0.4, 0.5) is 5.82 Å². The minimum atomic E-state index is -0.803. The van der Waals surface area contributed by atoms with Crippen LogP contribution in [0.1, 0.15) is 69.0 Å². The van der Waals surface area contributed by atoms with Crippen LogP contribution in [-0.4, -0.2) is 84.3 Å². The summed E-state index contributed by atoms with van der Waals surface area (Å²) in [5, 5.41) is 17.9. The normalized spacial score (nSPS) is 20.6. The Bertz CT molecular complexity index is 1430. The number of aliphatic hydroxyl groups excluding tert-OH is 1. The molecular formula is C33H45N5O7. The molecule has 5 rings (SSSR count). The topological polar surface area (TPSA) is 143 Å². The lowest BCUT2D eigenvalue weighted by Crippen LogP contribution is -2.48. The number of benzene rings is 1. The molecule has 2 saturated heterocycles. The predicted molar refractivity (Wildman–Crippen MR) is 166 cm³/mol. The van der Waals surface area contributed by atoms with Crippen LogP contribution in [0.5, 0.6) is 0 Å². The number of nitrogens with zero attached hydrogens (tertiary/aromatic N) is 4. The second kappa shape index (κ2) is 14.1. The van der Waals surface area contributed by atoms with E-state index in [0.29, 0.717) is 23.3 Å². The Balaban J connectivity index is 1.25. The van der Waals surface area contributed by atoms with Crippen LogP contribution >= 0.6 is 0 Å². The number of oxazole rings is 1. The number of methoxy groups -OCH3 is 2. The molecule has 0 unspecified atom stereocenters. The van der Waals surface area contributed by atoms with Gasteiger partial charge < -0.3 is 38.6 Å². The van der Waals surface area contributed by atoms with E-state index in [1.165, 1.54) is 11.3 Å². The summed E-state index contributed by atoms with van der Waals surface area (Å²) in [5.41, 5.74) is 2.60. The van der Waals surface area contributed by atoms with E-state index in [1.807, 2.05) is 58.0 Å². The molecule has 2 N–H and O–H groups in total. The number of piperidine rings is 1. The number of anilines is 1. The van der Waals surface area contributed by atoms with Crippen molar-refractivity contribution in [3.05, 3.63) is 53.7 Å². The Morgan fingerprint density at radius 1 is 1.09 bits per heavy atom. The predicted octanol–water partition coefficient (Wildman–Crippen LogP) is 4.05. The Kier molecular flexibility index (Phi) is 10.3. The van der Waals surface area contributed by atoms with Gasteiger partial charge in [0, 0.05) is 57.8 Å². The van der Waals surface area contributed by atoms with Crippen molar-refractivity contribution in [3.8, 4) is 11.3 Å². The van der Waals surface area contributed by atoms with E-state index < -0.39 is 18.1 Å². The summed E-state index contributed by atoms with van der Waals surface area (Å²) in [4.78, 5) is 35.4. The number of likely N-dealkylation sites (tertiary alicyclic amines) is 1. The number of β-amino-alcohol motifs (C(OH)–C–C–N with tert-alkyl or cyclic N) is 1. The molecule has 4 heterocycles. The lowest BCUT2D eigenvalue weighted by Gasteiger charge is -2.34. The highest BCUT2D eigenvalue weighted by molar-refractivity contribution is 5.91. The van der Waals surface area contributed by atoms with E-state index >= 15 is 0 Å². The summed E-state index contributed by atoms with van der Waals surface area (Å²) in [6, 6.07) is 8.43. The van der Waals surface area contributed by atoms with Crippen molar-refractivity contribution in [2.75, 3.05) is 38.8 Å². The fourth-order valence-corrected chi connectivity index (χ4v) is 6.57. The molecule has 2 aliphatic rings. The van der Waals surface area contributed by atoms with Crippen LogP contribution in [0, 0.1) is 18.8 Å². The molecular weight excluding hydrogens is 578 g/mol. The van der Waals surface area contributed by atoms with Gasteiger partial charge in [0.25, 0.3) is 0 Å². The van der Waals surface area contributed by atoms with Crippen LogP contribution in [0.2, 0.25) is 0 Å². The number of rotatable bonds is 11. The molecule has 2 amide bonds. The van der Waals surface area contributed by atoms with Crippen molar-refractivity contribution >= 4 is 17.6 Å². The highest BCUT2D eigenvalue weighted by Crippen LogP contribution is 2.34. The Labute approximate surface area is 264 Å². The van der Waals surface area contributed by atoms with Crippen molar-refractivity contribution in [1.29, 1.82) is 0 Å². The molecule has 244 valence electrons. The second-order valence-electron chi connectivity index (χ2n) is 12.5. The maximum Gasteiger partial charge on any atom is 0.243 e. The molecule has 45 heavy (non-hydrogen) atoms. The maximum absolute atomic E-state index is 14.0. The Morgan fingerprint density at radius 3 is 2.38 bits per heavy atom. The SMILES string of the molecule is COC(OC)C1CCN(c2cc([C@H](C(=O)N3C[C@H](O)C[C@H]3C(=O)N[C@@H](C)c3ccc(-c4ocnc4C)cc3)C(C)C)on2)CC1. The summed E-state index contributed by atoms with van der Waals surface area (Å²) in [7, 11) is 3.31. The average Bonchev–Trinajstić information content (AvgIpc) is 3.78. The fraction of sp³-hybridized carbons (Fsp3) is 0.576. The van der Waals surface area contributed by atoms with Gasteiger partial charge in [-0.1, -0.05) is 43.3 Å². The van der Waals surface area contributed by atoms with E-state index in [-0.39, 0.29) is 43.0 Å². The number of aryl methyl sites for hydroxylation is 1. The quantitative estimate of drug-likeness (QED) is 0.300. The largest absolute Gasteiger partial charge is 0.443 e. The molecule has 2 aliphatic heterocycles. The summed E-state index contributed by atoms with van der Waals surface area (Å²) >= 11 is 0. The van der Waals surface area contributed by atoms with E-state index in [4.69, 9.17) is 18.4 Å². The molecule has 0 aliphatic carbocycles. The lowest BCUT2D eigenvalue weighted by molar-refractivity contribution is -0.141. The lowest BCUT2D eigenvalue weighted by atomic mass is 9.91. The van der Waals surface area contributed by atoms with Gasteiger partial charge in [0.2, 0.25) is 11.8 Å². The monoisotopic (exact) mass is 623 g/mol. The van der Waals surface area contributed by atoms with E-state index in [9.17, 15) is 14.7 Å². The first-order valence-corrected chi connectivity index (χ1v) is 15.7. The number of amides is 2. The van der Waals surface area contributed by atoms with Crippen LogP contribution in [0.3, 0.4) is 0 Å². The molecule has 12 nitrogen and oxygen atoms in total. The van der Waals surface area contributed by atoms with Crippen molar-refractivity contribution in [3.63, 3.8) is 0 Å². The summed E-state index contributed by atoms with van der Waals surface area (Å²) < 4.78 is 22.1. The van der Waals surface area contributed by atoms with Crippen molar-refractivity contribution < 1.29 is 33.1 Å². The number of hydrogen-bond acceptors (Lipinski definition) is 10. The third-order valence-electron chi connectivity index (χ3n) is 9.11. The summed E-state index contributed by atoms with van der Waals surface area (Å²) in [6.45, 7) is 9.27. The van der Waals surface area contributed by atoms with Gasteiger partial charge in [0.1, 0.15) is 12.0 Å². The number of carbonyl (C=O) groups is 2. The van der Waals surface area contributed by atoms with Crippen molar-refractivity contribution in [1.82, 2.24) is 20.4 Å². The van der Waals surface area contributed by atoms with Gasteiger partial charge in [-0.05, 0) is 38.2 Å². The zero-order valence-corrected chi connectivity index (χ0v) is 26.9. The molecule has 4 atom stereocenters. The first-order valence-electron chi connectivity index (χ1n) is 15.7. The van der Waals surface area contributed by atoms with E-state index in [0.717, 1.165) is 42.8 Å². The van der Waals surface area contributed by atoms with Crippen LogP contribution in [0.15, 0.2) is 45.7 Å². The number of carbonyl (C=O) groups excluding carboxylic acids is 2. The minimum absolute atomic E-state index is 0.0778. The van der Waals surface area contributed by atoms with Gasteiger partial charge in [-0.3, -0.25) is 9.59 Å². The number of aliphatic hydroxyl groups is 1. The van der Waals surface area contributed by atoms with E-state index in [2.05, 4.69) is 20.4 Å². The first-order chi connectivity index (χ1) is 21.6. The smallest absolute Gasteiger partial charge is 0.243 e. The molecule has 0 bridgehead atoms. The van der Waals surface area contributed by atoms with E-state index in [1.54, 1.807) is 14.2 Å². The third-order valence-corrected chi connectivity index (χ3v) is 9.11. The van der Waals surface area contributed by atoms with Gasteiger partial charge in [-0.25, -0.2) is 4.98 Å². The Hall–Kier alpha value is -3.74. The molecule has 2 fully saturated rings. The van der Waals surface area contributed by atoms with Gasteiger partial charge in [-0.15, -0.1) is 0 Å². The average molecular weight is 624 g/mol. The number of aromatic nitrogens is 2. The van der Waals surface area contributed by atoms with Crippen molar-refractivity contribution in [2.45, 2.75) is 77.4 Å². The molecule has 0 spiro atoms. The van der Waals surface area contributed by atoms with Crippen molar-refractivity contribution in [2.24, 2.45) is 11.8 Å². The van der Waals surface area contributed by atoms with Gasteiger partial charge in [0.15, 0.2) is 30.0 Å². The number of nitrogens with one attached hydrogen (secondary N) is 1. The number of ether oxygens (including phenoxy) is 2. The van der Waals surface area contributed by atoms with Gasteiger partial charge in [0.05, 0.1) is 17.8 Å². The zero-order valence-electron chi connectivity index (χ0n) is 26.9. The Morgan fingerprint density at radius 2 is 1.78 bits per heavy atom. The second-order valence-corrected chi connectivity index (χ2v) is 12.5. The van der Waals surface area contributed by atoms with Crippen LogP contribution < -0.4 is 10.2 Å². The molecule has 12 heteroatoms. The van der Waals surface area contributed by atoms with Crippen LogP contribution in [0.25, 0.3) is 11.3 Å². The number of hydrogen-bond donors (Lipinski definition) is 2. The van der Waals surface area contributed by atoms with Crippen LogP contribution in [-0.2, 0) is 19.1 Å². The van der Waals surface area contributed by atoms with Gasteiger partial charge >= 0.3 is 0 Å². The summed E-state index contributed by atoms with van der Waals surface area (Å²) in [5.74, 6) is 0.792. The summed E-state index contributed by atoms with van der Waals surface area (Å²) in [6.07, 6.45) is 2.31. The molecule has 3 aromatic rings. The standard InChI is InChI=1S/C33H45N5O7/c1-19(2)29(27-16-28(36-45-27)37-13-11-24(12-14-37)33(42-5)43-6)32(41)38-17-25(39)15-26(38)31(40)35-20(3)22-7-9-23(10-8-22)30-21(4)34-18-44-30/h7-10,16,18-20,24-26,29,33,39H,11-15,17H2,1-6H3,(H,35,40)/t20-,25+,26-,29+/m0/s1. The molecule has 0 radical (unpaired) electrons. The highest BCUT2D eigenvalue weighted by atomic mass is 16.7. The highest BCUT2D eigenvalue weighted by Gasteiger charge is 2.43. The first kappa shape index (κ1) is 32.6. The minimum Gasteiger partial charge on any atom is -0.443 e. The fourth-order valence-electron chi connectivity index (χ4n) is 6.57.